The van der Waals surface area contributed by atoms with Gasteiger partial charge in [0.05, 0.1) is 12.0 Å². The number of ketones is 1. The number of carbonyl (C=O) groups is 5. The van der Waals surface area contributed by atoms with E-state index in [2.05, 4.69) is 4.98 Å². The average molecular weight is 610 g/mol. The smallest absolute Gasteiger partial charge is 0.303 e. The largest absolute Gasteiger partial charge is 0.507 e. The third kappa shape index (κ3) is 8.07. The fourth-order valence-corrected chi connectivity index (χ4v) is 4.72. The van der Waals surface area contributed by atoms with E-state index >= 15 is 0 Å². The van der Waals surface area contributed by atoms with Gasteiger partial charge < -0.3 is 33.5 Å². The van der Waals surface area contributed by atoms with Crippen LogP contribution in [0.5, 0.6) is 11.5 Å². The number of benzene rings is 2. The third-order valence-electron chi connectivity index (χ3n) is 6.50. The van der Waals surface area contributed by atoms with Gasteiger partial charge in [-0.2, -0.15) is 0 Å². The number of aromatic hydroxyl groups is 1. The van der Waals surface area contributed by atoms with Gasteiger partial charge in [0.2, 0.25) is 12.4 Å². The van der Waals surface area contributed by atoms with Crippen LogP contribution in [0.25, 0.3) is 10.8 Å². The maximum absolute atomic E-state index is 13.0. The van der Waals surface area contributed by atoms with Gasteiger partial charge in [0, 0.05) is 51.0 Å². The second kappa shape index (κ2) is 14.0. The molecule has 232 valence electrons. The van der Waals surface area contributed by atoms with Gasteiger partial charge in [0.15, 0.2) is 18.0 Å². The number of hydrogen-bond acceptors (Lipinski definition) is 13. The topological polar surface area (TPSA) is 174 Å². The number of phenols is 1. The zero-order valence-corrected chi connectivity index (χ0v) is 24.4. The summed E-state index contributed by atoms with van der Waals surface area (Å²) in [5, 5.41) is 12.6. The fraction of sp³-hybridized carbons (Fsp3) is 0.355. The summed E-state index contributed by atoms with van der Waals surface area (Å²) in [7, 11) is 0. The number of ether oxygens (including phenoxy) is 6. The van der Waals surface area contributed by atoms with E-state index in [1.807, 2.05) is 24.3 Å². The SMILES string of the molecule is CC(=O)OC[C@@H]1O[C@@H](Oc2ccc(C(=O)Cc3cc4ccccc4cn3)c(O)c2)[C@@H](OC(C)=O)[C@@H](OC(C)=O)[C@H]1OC(C)=O. The van der Waals surface area contributed by atoms with Gasteiger partial charge >= 0.3 is 23.9 Å². The number of carbonyl (C=O) groups excluding carboxylic acids is 5. The highest BCUT2D eigenvalue weighted by Gasteiger charge is 2.53. The summed E-state index contributed by atoms with van der Waals surface area (Å²) in [4.78, 5) is 64.8. The van der Waals surface area contributed by atoms with E-state index in [4.69, 9.17) is 28.4 Å². The van der Waals surface area contributed by atoms with Crippen LogP contribution in [0.2, 0.25) is 0 Å². The Morgan fingerprint density at radius 2 is 1.43 bits per heavy atom. The van der Waals surface area contributed by atoms with Crippen molar-refractivity contribution in [1.29, 1.82) is 0 Å². The summed E-state index contributed by atoms with van der Waals surface area (Å²) >= 11 is 0. The fourth-order valence-electron chi connectivity index (χ4n) is 4.72. The molecule has 0 amide bonds. The number of hydrogen-bond donors (Lipinski definition) is 1. The zero-order chi connectivity index (χ0) is 32.0. The molecule has 2 heterocycles. The Morgan fingerprint density at radius 1 is 0.795 bits per heavy atom. The lowest BCUT2D eigenvalue weighted by Crippen LogP contribution is -2.63. The molecule has 2 aromatic carbocycles. The van der Waals surface area contributed by atoms with Crippen molar-refractivity contribution in [3.8, 4) is 11.5 Å². The van der Waals surface area contributed by atoms with Crippen molar-refractivity contribution in [1.82, 2.24) is 4.98 Å². The van der Waals surface area contributed by atoms with Crippen LogP contribution in [0.15, 0.2) is 54.7 Å². The molecular formula is C31H31NO12. The minimum absolute atomic E-state index is 0.00820. The molecule has 1 aliphatic rings. The molecule has 0 unspecified atom stereocenters. The predicted octanol–water partition coefficient (Wildman–Crippen LogP) is 2.83. The minimum Gasteiger partial charge on any atom is -0.507 e. The van der Waals surface area contributed by atoms with E-state index in [1.165, 1.54) is 12.1 Å². The first-order chi connectivity index (χ1) is 20.9. The molecule has 13 heteroatoms. The van der Waals surface area contributed by atoms with Gasteiger partial charge in [0.1, 0.15) is 24.2 Å². The van der Waals surface area contributed by atoms with E-state index in [1.54, 1.807) is 12.3 Å². The maximum atomic E-state index is 13.0. The van der Waals surface area contributed by atoms with Crippen LogP contribution in [0.4, 0.5) is 0 Å². The summed E-state index contributed by atoms with van der Waals surface area (Å²) in [6.45, 7) is 4.04. The number of pyridine rings is 1. The molecule has 1 fully saturated rings. The Labute approximate surface area is 252 Å². The highest BCUT2D eigenvalue weighted by atomic mass is 16.7. The van der Waals surface area contributed by atoms with Gasteiger partial charge in [-0.25, -0.2) is 0 Å². The summed E-state index contributed by atoms with van der Waals surface area (Å²) in [6.07, 6.45) is -5.36. The van der Waals surface area contributed by atoms with Crippen LogP contribution < -0.4 is 4.74 Å². The zero-order valence-electron chi connectivity index (χ0n) is 24.4. The predicted molar refractivity (Wildman–Crippen MR) is 150 cm³/mol. The first-order valence-corrected chi connectivity index (χ1v) is 13.6. The molecule has 0 spiro atoms. The van der Waals surface area contributed by atoms with Gasteiger partial charge in [-0.1, -0.05) is 24.3 Å². The van der Waals surface area contributed by atoms with Gasteiger partial charge in [-0.15, -0.1) is 0 Å². The number of aromatic nitrogens is 1. The van der Waals surface area contributed by atoms with Crippen LogP contribution in [0, 0.1) is 0 Å². The van der Waals surface area contributed by atoms with E-state index in [0.29, 0.717) is 5.69 Å². The van der Waals surface area contributed by atoms with Crippen LogP contribution in [0.1, 0.15) is 43.7 Å². The standard InChI is InChI=1S/C31H31NO12/c1-16(33)39-15-27-28(40-17(2)34)29(41-18(3)35)30(42-19(4)36)31(44-27)43-23-9-10-24(26(38)13-23)25(37)12-22-11-20-7-5-6-8-21(20)14-32-22/h5-11,13-14,27-31,38H,12,15H2,1-4H3/t27-,28-,29-,30-,31+/m0/s1. The van der Waals surface area contributed by atoms with E-state index in [-0.39, 0.29) is 17.7 Å². The van der Waals surface area contributed by atoms with Crippen LogP contribution >= 0.6 is 0 Å². The second-order valence-corrected chi connectivity index (χ2v) is 9.99. The number of nitrogens with zero attached hydrogens (tertiary/aromatic N) is 1. The molecule has 5 atom stereocenters. The number of phenolic OH excluding ortho intramolecular Hbond substituents is 1. The van der Waals surface area contributed by atoms with Crippen LogP contribution in [-0.4, -0.2) is 77.1 Å². The number of Topliss-reactive ketones (excluding diaryl/α,β-unsaturated/α-hetero) is 1. The Hall–Kier alpha value is -5.04. The number of rotatable bonds is 10. The summed E-state index contributed by atoms with van der Waals surface area (Å²) in [5.74, 6) is -3.84. The summed E-state index contributed by atoms with van der Waals surface area (Å²) < 4.78 is 33.0. The van der Waals surface area contributed by atoms with Crippen LogP contribution in [0.3, 0.4) is 0 Å². The monoisotopic (exact) mass is 609 g/mol. The first kappa shape index (κ1) is 31.9. The van der Waals surface area contributed by atoms with Gasteiger partial charge in [-0.3, -0.25) is 29.0 Å². The quantitative estimate of drug-likeness (QED) is 0.202. The number of fused-ring (bicyclic) bond motifs is 1. The Balaban J connectivity index is 1.59. The summed E-state index contributed by atoms with van der Waals surface area (Å²) in [5.41, 5.74) is 0.528. The molecule has 3 aromatic rings. The van der Waals surface area contributed by atoms with Crippen molar-refractivity contribution in [2.45, 2.75) is 64.8 Å². The normalized spacial score (nSPS) is 21.1. The van der Waals surface area contributed by atoms with Crippen molar-refractivity contribution in [3.63, 3.8) is 0 Å². The Morgan fingerprint density at radius 3 is 2.07 bits per heavy atom. The molecule has 0 saturated carbocycles. The van der Waals surface area contributed by atoms with Crippen molar-refractivity contribution in [2.75, 3.05) is 6.61 Å². The maximum Gasteiger partial charge on any atom is 0.303 e. The molecule has 1 N–H and O–H groups in total. The molecule has 0 radical (unpaired) electrons. The molecule has 4 rings (SSSR count). The molecule has 0 aliphatic carbocycles. The van der Waals surface area contributed by atoms with Crippen molar-refractivity contribution >= 4 is 40.4 Å². The molecule has 44 heavy (non-hydrogen) atoms. The Kier molecular flexibility index (Phi) is 10.1. The molecule has 1 saturated heterocycles. The van der Waals surface area contributed by atoms with E-state index < -0.39 is 72.7 Å². The van der Waals surface area contributed by atoms with Crippen molar-refractivity contribution in [3.05, 3.63) is 66.0 Å². The molecule has 0 bridgehead atoms. The summed E-state index contributed by atoms with van der Waals surface area (Å²) in [6, 6.07) is 13.3. The third-order valence-corrected chi connectivity index (χ3v) is 6.50. The first-order valence-electron chi connectivity index (χ1n) is 13.6. The molecule has 13 nitrogen and oxygen atoms in total. The van der Waals surface area contributed by atoms with Crippen molar-refractivity contribution in [2.24, 2.45) is 0 Å². The minimum atomic E-state index is -1.50. The van der Waals surface area contributed by atoms with E-state index in [0.717, 1.165) is 44.5 Å². The van der Waals surface area contributed by atoms with Crippen LogP contribution in [-0.2, 0) is 49.3 Å². The van der Waals surface area contributed by atoms with E-state index in [9.17, 15) is 29.1 Å². The highest BCUT2D eigenvalue weighted by molar-refractivity contribution is 6.00. The molecule has 1 aromatic heterocycles. The van der Waals surface area contributed by atoms with Crippen molar-refractivity contribution < 1.29 is 57.5 Å². The van der Waals surface area contributed by atoms with Gasteiger partial charge in [0.25, 0.3) is 0 Å². The van der Waals surface area contributed by atoms with Gasteiger partial charge in [-0.05, 0) is 23.6 Å². The lowest BCUT2D eigenvalue weighted by atomic mass is 9.98. The highest BCUT2D eigenvalue weighted by Crippen LogP contribution is 2.33. The second-order valence-electron chi connectivity index (χ2n) is 9.99. The lowest BCUT2D eigenvalue weighted by Gasteiger charge is -2.43. The molecular weight excluding hydrogens is 578 g/mol. The number of esters is 4. The lowest BCUT2D eigenvalue weighted by molar-refractivity contribution is -0.288. The Bertz CT molecular complexity index is 1570. The molecule has 1 aliphatic heterocycles. The average Bonchev–Trinajstić information content (AvgIpc) is 2.94.